The van der Waals surface area contributed by atoms with E-state index >= 15 is 0 Å². The molecule has 0 atom stereocenters. The highest BCUT2D eigenvalue weighted by Crippen LogP contribution is 0.886. The third-order valence-electron chi connectivity index (χ3n) is 0. The van der Waals surface area contributed by atoms with Crippen molar-refractivity contribution >= 4 is 123 Å². The van der Waals surface area contributed by atoms with Gasteiger partial charge >= 0.3 is 69.2 Å². The summed E-state index contributed by atoms with van der Waals surface area (Å²) >= 11 is 0. The Balaban J connectivity index is 0. The summed E-state index contributed by atoms with van der Waals surface area (Å²) in [6, 6.07) is 0. The van der Waals surface area contributed by atoms with Gasteiger partial charge in [0.1, 0.15) is 0 Å². The van der Waals surface area contributed by atoms with Crippen LogP contribution in [0.2, 0.25) is 0 Å². The van der Waals surface area contributed by atoms with Gasteiger partial charge in [0, 0.05) is 0 Å². The molecule has 6 heavy (non-hydrogen) atoms. The first-order valence-electron chi connectivity index (χ1n) is 0. The molecule has 0 nitrogen and oxygen atoms in total. The van der Waals surface area contributed by atoms with Crippen molar-refractivity contribution in [2.75, 3.05) is 0 Å². The largest absolute Gasteiger partial charge is 0.316 e. The second-order valence-corrected chi connectivity index (χ2v) is 0. The predicted molar refractivity (Wildman–Crippen MR) is 58.6 cm³/mol. The highest BCUT2D eigenvalue weighted by molar-refractivity contribution is 14.0. The molecule has 0 rings (SSSR count). The van der Waals surface area contributed by atoms with Crippen LogP contribution in [0.15, 0.2) is 0 Å². The van der Waals surface area contributed by atoms with E-state index in [9.17, 15) is 0 Å². The average molecular weight is 324 g/mol. The van der Waals surface area contributed by atoms with E-state index in [1.165, 1.54) is 0 Å². The zero-order valence-corrected chi connectivity index (χ0v) is 6.08. The molecule has 0 spiro atoms. The minimum Gasteiger partial charge on any atom is -0.147 e. The number of hydrogen-bond acceptors (Lipinski definition) is 0. The molecule has 0 N–H and O–H groups in total. The lowest BCUT2D eigenvalue weighted by Crippen LogP contribution is -0.382. The molecule has 0 aromatic carbocycles. The molecule has 0 fully saturated rings. The molecular weight excluding hydrogens is 315 g/mol. The van der Waals surface area contributed by atoms with E-state index in [0.717, 1.165) is 0 Å². The van der Waals surface area contributed by atoms with Crippen LogP contribution >= 0.6 is 53.4 Å². The van der Waals surface area contributed by atoms with Crippen molar-refractivity contribution in [1.82, 2.24) is 0 Å². The summed E-state index contributed by atoms with van der Waals surface area (Å²) in [5, 5.41) is 0. The van der Waals surface area contributed by atoms with Gasteiger partial charge in [-0.3, -0.25) is 0 Å². The molecular formula is H9BrClIMg3. The van der Waals surface area contributed by atoms with Crippen LogP contribution in [0.25, 0.3) is 0 Å². The smallest absolute Gasteiger partial charge is 0.147 e. The van der Waals surface area contributed by atoms with E-state index in [2.05, 4.69) is 0 Å². The van der Waals surface area contributed by atoms with Crippen LogP contribution in [-0.4, -0.2) is 69.2 Å². The van der Waals surface area contributed by atoms with Crippen molar-refractivity contribution in [3.05, 3.63) is 0 Å². The maximum absolute atomic E-state index is 0. The Morgan fingerprint density at radius 2 is 0.667 bits per heavy atom. The van der Waals surface area contributed by atoms with Crippen LogP contribution < -0.4 is 0 Å². The van der Waals surface area contributed by atoms with Gasteiger partial charge in [0.15, 0.2) is 0 Å². The second kappa shape index (κ2) is 37.1. The topological polar surface area (TPSA) is 0 Å². The Hall–Kier alpha value is 3.80. The summed E-state index contributed by atoms with van der Waals surface area (Å²) in [5.41, 5.74) is 0. The van der Waals surface area contributed by atoms with Crippen LogP contribution in [0.5, 0.6) is 0 Å². The fourth-order valence-electron chi connectivity index (χ4n) is 0. The molecule has 0 aliphatic rings. The van der Waals surface area contributed by atoms with Gasteiger partial charge in [0.25, 0.3) is 0 Å². The monoisotopic (exact) mass is 322 g/mol. The van der Waals surface area contributed by atoms with E-state index < -0.39 is 0 Å². The summed E-state index contributed by atoms with van der Waals surface area (Å²) in [6.07, 6.45) is 0. The van der Waals surface area contributed by atoms with Crippen LogP contribution in [0.4, 0.5) is 0 Å². The van der Waals surface area contributed by atoms with Gasteiger partial charge in [-0.05, 0) is 0 Å². The lowest BCUT2D eigenvalue weighted by Gasteiger charge is -0.147. The molecule has 0 bridgehead atoms. The number of hydrogen-bond donors (Lipinski definition) is 0. The molecule has 6 heteroatoms. The Bertz CT molecular complexity index is 10.8. The fourth-order valence-corrected chi connectivity index (χ4v) is 0. The van der Waals surface area contributed by atoms with Crippen molar-refractivity contribution in [2.45, 2.75) is 0 Å². The molecule has 0 amide bonds. The van der Waals surface area contributed by atoms with E-state index in [4.69, 9.17) is 0 Å². The summed E-state index contributed by atoms with van der Waals surface area (Å²) in [6.45, 7) is 0. The van der Waals surface area contributed by atoms with Crippen molar-refractivity contribution in [1.29, 1.82) is 0 Å². The quantitative estimate of drug-likeness (QED) is 0.391. The molecule has 0 aliphatic carbocycles. The molecule has 0 aliphatic heterocycles. The summed E-state index contributed by atoms with van der Waals surface area (Å²) < 4.78 is 0. The molecule has 0 heterocycles. The molecule has 0 aromatic rings. The summed E-state index contributed by atoms with van der Waals surface area (Å²) in [4.78, 5) is 0. The molecule has 0 aromatic heterocycles. The van der Waals surface area contributed by atoms with Crippen molar-refractivity contribution in [2.24, 2.45) is 0 Å². The second-order valence-electron chi connectivity index (χ2n) is 0. The number of rotatable bonds is 0. The highest BCUT2D eigenvalue weighted by Gasteiger charge is 0.318. The van der Waals surface area contributed by atoms with Crippen molar-refractivity contribution in [3.63, 3.8) is 0 Å². The zero-order valence-electron chi connectivity index (χ0n) is 1.22. The lowest BCUT2D eigenvalue weighted by molar-refractivity contribution is 5.75. The van der Waals surface area contributed by atoms with Crippen LogP contribution in [0.1, 0.15) is 0 Å². The zero-order chi connectivity index (χ0) is 0. The first-order valence-corrected chi connectivity index (χ1v) is 0. The van der Waals surface area contributed by atoms with Gasteiger partial charge in [-0.2, -0.15) is 0 Å². The standard InChI is InChI=1S/BrH.ClH.HI.3Mg.6H/h3*1H;;;;;;;;;. The van der Waals surface area contributed by atoms with E-state index in [0.29, 0.717) is 0 Å². The normalized spacial score (nSPS) is 0. The Morgan fingerprint density at radius 1 is 0.667 bits per heavy atom. The van der Waals surface area contributed by atoms with Gasteiger partial charge in [0.2, 0.25) is 0 Å². The van der Waals surface area contributed by atoms with Crippen molar-refractivity contribution < 1.29 is 0 Å². The highest BCUT2D eigenvalue weighted by atomic mass is 127. The average Bonchev–Trinajstić information content (AvgIpc) is 0. The molecule has 36 valence electrons. The van der Waals surface area contributed by atoms with Gasteiger partial charge in [-0.15, -0.1) is 53.4 Å². The minimum absolute atomic E-state index is 0. The van der Waals surface area contributed by atoms with Crippen molar-refractivity contribution in [3.8, 4) is 0 Å². The lowest BCUT2D eigenvalue weighted by atomic mass is 24.3. The SMILES string of the molecule is Br.Cl.I.[MgH2].[MgH2].[MgH2]. The molecule has 0 saturated heterocycles. The van der Waals surface area contributed by atoms with Gasteiger partial charge < -0.3 is 0 Å². The first kappa shape index (κ1) is 52.6. The van der Waals surface area contributed by atoms with E-state index in [-0.39, 0.29) is 123 Å². The molecule has 0 unspecified atom stereocenters. The van der Waals surface area contributed by atoms with E-state index in [1.54, 1.807) is 0 Å². The van der Waals surface area contributed by atoms with Crippen LogP contribution in [0.3, 0.4) is 0 Å². The predicted octanol–water partition coefficient (Wildman–Crippen LogP) is -1.13. The first-order chi connectivity index (χ1) is 0. The molecule has 0 radical (unpaired) electrons. The Kier molecular flexibility index (Phi) is 325. The number of halogens is 3. The minimum atomic E-state index is 0. The van der Waals surface area contributed by atoms with Gasteiger partial charge in [-0.25, -0.2) is 0 Å². The van der Waals surface area contributed by atoms with Gasteiger partial charge in [-0.1, -0.05) is 0 Å². The summed E-state index contributed by atoms with van der Waals surface area (Å²) in [7, 11) is 0. The maximum Gasteiger partial charge on any atom is 0.316 e. The van der Waals surface area contributed by atoms with Crippen LogP contribution in [-0.2, 0) is 0 Å². The molecule has 0 saturated carbocycles. The Morgan fingerprint density at radius 3 is 0.667 bits per heavy atom. The van der Waals surface area contributed by atoms with E-state index in [1.807, 2.05) is 0 Å². The van der Waals surface area contributed by atoms with Gasteiger partial charge in [0.05, 0.1) is 0 Å². The summed E-state index contributed by atoms with van der Waals surface area (Å²) in [5.74, 6) is 0. The third-order valence-corrected chi connectivity index (χ3v) is 0. The Labute approximate surface area is 120 Å². The fraction of sp³-hybridized carbons (Fsp3) is 0. The maximum atomic E-state index is 0. The third kappa shape index (κ3) is 25.0. The van der Waals surface area contributed by atoms with Crippen LogP contribution in [0, 0.1) is 0 Å².